The Bertz CT molecular complexity index is 646. The Morgan fingerprint density at radius 1 is 1.05 bits per heavy atom. The summed E-state index contributed by atoms with van der Waals surface area (Å²) in [5.74, 6) is 0.00584. The van der Waals surface area contributed by atoms with Crippen LogP contribution >= 0.6 is 0 Å². The van der Waals surface area contributed by atoms with Crippen LogP contribution in [-0.4, -0.2) is 5.91 Å². The number of hydrogen-bond acceptors (Lipinski definition) is 1. The predicted octanol–water partition coefficient (Wildman–Crippen LogP) is 4.49. The minimum atomic E-state index is 0.00584. The summed E-state index contributed by atoms with van der Waals surface area (Å²) in [5, 5.41) is 3.17. The van der Waals surface area contributed by atoms with E-state index in [4.69, 9.17) is 0 Å². The molecule has 1 amide bonds. The molecule has 0 aliphatic carbocycles. The number of carbonyl (C=O) groups excluding carboxylic acids is 1. The zero-order valence-electron chi connectivity index (χ0n) is 13.2. The molecule has 0 aliphatic heterocycles. The maximum absolute atomic E-state index is 12.6. The molecule has 1 unspecified atom stereocenters. The topological polar surface area (TPSA) is 29.1 Å². The zero-order chi connectivity index (χ0) is 15.4. The van der Waals surface area contributed by atoms with Gasteiger partial charge in [0.15, 0.2) is 0 Å². The van der Waals surface area contributed by atoms with Gasteiger partial charge in [-0.1, -0.05) is 48.9 Å². The van der Waals surface area contributed by atoms with Gasteiger partial charge >= 0.3 is 0 Å². The lowest BCUT2D eigenvalue weighted by Gasteiger charge is -2.20. The van der Waals surface area contributed by atoms with Crippen LogP contribution in [0.3, 0.4) is 0 Å². The lowest BCUT2D eigenvalue weighted by molar-refractivity contribution is 0.0935. The minimum absolute atomic E-state index is 0.00584. The number of nitrogens with one attached hydrogen (secondary N) is 1. The molecule has 2 aromatic carbocycles. The molecule has 2 nitrogen and oxygen atoms in total. The SMILES string of the molecule is CCC(NC(=O)c1cc(C)ccc1C)c1ccccc1C. The molecule has 0 heterocycles. The van der Waals surface area contributed by atoms with E-state index in [1.807, 2.05) is 44.2 Å². The highest BCUT2D eigenvalue weighted by atomic mass is 16.1. The van der Waals surface area contributed by atoms with E-state index in [0.717, 1.165) is 23.1 Å². The van der Waals surface area contributed by atoms with Crippen LogP contribution in [0.2, 0.25) is 0 Å². The summed E-state index contributed by atoms with van der Waals surface area (Å²) < 4.78 is 0. The van der Waals surface area contributed by atoms with Gasteiger partial charge in [0.25, 0.3) is 5.91 Å². The van der Waals surface area contributed by atoms with Crippen molar-refractivity contribution in [3.05, 3.63) is 70.3 Å². The minimum Gasteiger partial charge on any atom is -0.345 e. The van der Waals surface area contributed by atoms with Gasteiger partial charge in [0.05, 0.1) is 6.04 Å². The van der Waals surface area contributed by atoms with Crippen LogP contribution in [0.1, 0.15) is 52.0 Å². The van der Waals surface area contributed by atoms with Gasteiger partial charge in [-0.3, -0.25) is 4.79 Å². The van der Waals surface area contributed by atoms with Gasteiger partial charge in [-0.15, -0.1) is 0 Å². The van der Waals surface area contributed by atoms with Gasteiger partial charge in [0.2, 0.25) is 0 Å². The third-order valence-corrected chi connectivity index (χ3v) is 3.92. The molecule has 2 rings (SSSR count). The average Bonchev–Trinajstić information content (AvgIpc) is 2.48. The molecule has 1 atom stereocenters. The number of carbonyl (C=O) groups is 1. The van der Waals surface area contributed by atoms with Crippen LogP contribution in [0.5, 0.6) is 0 Å². The molecular weight excluding hydrogens is 258 g/mol. The molecule has 2 aromatic rings. The summed E-state index contributed by atoms with van der Waals surface area (Å²) in [4.78, 5) is 12.6. The van der Waals surface area contributed by atoms with Crippen molar-refractivity contribution in [3.8, 4) is 0 Å². The number of benzene rings is 2. The predicted molar refractivity (Wildman–Crippen MR) is 87.6 cm³/mol. The van der Waals surface area contributed by atoms with E-state index in [-0.39, 0.29) is 11.9 Å². The van der Waals surface area contributed by atoms with Crippen LogP contribution in [0.15, 0.2) is 42.5 Å². The molecule has 0 bridgehead atoms. The Morgan fingerprint density at radius 2 is 1.76 bits per heavy atom. The van der Waals surface area contributed by atoms with Gasteiger partial charge in [-0.05, 0) is 49.9 Å². The summed E-state index contributed by atoms with van der Waals surface area (Å²) in [6, 6.07) is 14.3. The third kappa shape index (κ3) is 3.52. The molecule has 0 saturated carbocycles. The van der Waals surface area contributed by atoms with Gasteiger partial charge in [0.1, 0.15) is 0 Å². The van der Waals surface area contributed by atoms with Gasteiger partial charge in [-0.2, -0.15) is 0 Å². The van der Waals surface area contributed by atoms with E-state index in [1.54, 1.807) is 0 Å². The van der Waals surface area contributed by atoms with Gasteiger partial charge < -0.3 is 5.32 Å². The van der Waals surface area contributed by atoms with Crippen LogP contribution in [0, 0.1) is 20.8 Å². The Balaban J connectivity index is 2.25. The van der Waals surface area contributed by atoms with Crippen molar-refractivity contribution in [2.24, 2.45) is 0 Å². The van der Waals surface area contributed by atoms with Gasteiger partial charge in [0, 0.05) is 5.56 Å². The maximum Gasteiger partial charge on any atom is 0.252 e. The first-order chi connectivity index (χ1) is 10.0. The highest BCUT2D eigenvalue weighted by Crippen LogP contribution is 2.21. The average molecular weight is 281 g/mol. The quantitative estimate of drug-likeness (QED) is 0.878. The van der Waals surface area contributed by atoms with E-state index in [9.17, 15) is 4.79 Å². The lowest BCUT2D eigenvalue weighted by atomic mass is 9.98. The summed E-state index contributed by atoms with van der Waals surface area (Å²) in [7, 11) is 0. The second-order valence-corrected chi connectivity index (χ2v) is 5.61. The van der Waals surface area contributed by atoms with E-state index in [2.05, 4.69) is 31.3 Å². The largest absolute Gasteiger partial charge is 0.345 e. The normalized spacial score (nSPS) is 12.0. The Hall–Kier alpha value is -2.09. The lowest BCUT2D eigenvalue weighted by Crippen LogP contribution is -2.29. The number of aryl methyl sites for hydroxylation is 3. The van der Waals surface area contributed by atoms with Crippen molar-refractivity contribution in [1.82, 2.24) is 5.32 Å². The summed E-state index contributed by atoms with van der Waals surface area (Å²) >= 11 is 0. The molecule has 2 heteroatoms. The molecule has 21 heavy (non-hydrogen) atoms. The Kier molecular flexibility index (Phi) is 4.79. The highest BCUT2D eigenvalue weighted by Gasteiger charge is 2.16. The van der Waals surface area contributed by atoms with Crippen molar-refractivity contribution in [3.63, 3.8) is 0 Å². The zero-order valence-corrected chi connectivity index (χ0v) is 13.2. The van der Waals surface area contributed by atoms with E-state index < -0.39 is 0 Å². The smallest absolute Gasteiger partial charge is 0.252 e. The van der Waals surface area contributed by atoms with Crippen molar-refractivity contribution in [1.29, 1.82) is 0 Å². The van der Waals surface area contributed by atoms with Crippen molar-refractivity contribution < 1.29 is 4.79 Å². The van der Waals surface area contributed by atoms with Crippen LogP contribution < -0.4 is 5.32 Å². The molecular formula is C19H23NO. The Labute approximate surface area is 127 Å². The summed E-state index contributed by atoms with van der Waals surface area (Å²) in [6.45, 7) is 8.17. The molecule has 0 saturated heterocycles. The van der Waals surface area contributed by atoms with Crippen molar-refractivity contribution in [2.45, 2.75) is 40.2 Å². The second-order valence-electron chi connectivity index (χ2n) is 5.61. The fourth-order valence-electron chi connectivity index (χ4n) is 2.59. The first kappa shape index (κ1) is 15.3. The molecule has 110 valence electrons. The van der Waals surface area contributed by atoms with Crippen LogP contribution in [-0.2, 0) is 0 Å². The molecule has 0 spiro atoms. The Morgan fingerprint density at radius 3 is 2.43 bits per heavy atom. The first-order valence-corrected chi connectivity index (χ1v) is 7.46. The van der Waals surface area contributed by atoms with Crippen LogP contribution in [0.4, 0.5) is 0 Å². The van der Waals surface area contributed by atoms with Crippen molar-refractivity contribution >= 4 is 5.91 Å². The van der Waals surface area contributed by atoms with Crippen molar-refractivity contribution in [2.75, 3.05) is 0 Å². The van der Waals surface area contributed by atoms with E-state index in [0.29, 0.717) is 0 Å². The summed E-state index contributed by atoms with van der Waals surface area (Å²) in [5.41, 5.74) is 5.29. The molecule has 0 fully saturated rings. The van der Waals surface area contributed by atoms with E-state index >= 15 is 0 Å². The number of hydrogen-bond donors (Lipinski definition) is 1. The first-order valence-electron chi connectivity index (χ1n) is 7.46. The fourth-order valence-corrected chi connectivity index (χ4v) is 2.59. The fraction of sp³-hybridized carbons (Fsp3) is 0.316. The molecule has 0 aliphatic rings. The molecule has 0 radical (unpaired) electrons. The number of amides is 1. The second kappa shape index (κ2) is 6.57. The third-order valence-electron chi connectivity index (χ3n) is 3.92. The highest BCUT2D eigenvalue weighted by molar-refractivity contribution is 5.96. The van der Waals surface area contributed by atoms with Crippen LogP contribution in [0.25, 0.3) is 0 Å². The maximum atomic E-state index is 12.6. The monoisotopic (exact) mass is 281 g/mol. The summed E-state index contributed by atoms with van der Waals surface area (Å²) in [6.07, 6.45) is 0.876. The standard InChI is InChI=1S/C19H23NO/c1-5-18(16-9-7-6-8-14(16)3)20-19(21)17-12-13(2)10-11-15(17)4/h6-12,18H,5H2,1-4H3,(H,20,21). The van der Waals surface area contributed by atoms with Gasteiger partial charge in [-0.25, -0.2) is 0 Å². The van der Waals surface area contributed by atoms with E-state index in [1.165, 1.54) is 11.1 Å². The molecule has 1 N–H and O–H groups in total. The number of rotatable bonds is 4. The molecule has 0 aromatic heterocycles.